The van der Waals surface area contributed by atoms with Crippen molar-refractivity contribution < 1.29 is 23.9 Å². The summed E-state index contributed by atoms with van der Waals surface area (Å²) in [5, 5.41) is 5.96. The summed E-state index contributed by atoms with van der Waals surface area (Å²) in [7, 11) is 3.18. The number of hydrogen-bond acceptors (Lipinski definition) is 6. The molecule has 4 rings (SSSR count). The minimum absolute atomic E-state index is 0.0237. The molecule has 10 heteroatoms. The molecule has 2 heterocycles. The molecule has 2 aliphatic rings. The quantitative estimate of drug-likeness (QED) is 0.523. The lowest BCUT2D eigenvalue weighted by Crippen LogP contribution is -2.59. The maximum atomic E-state index is 13.9. The molecular weight excluding hydrogens is 510 g/mol. The van der Waals surface area contributed by atoms with Gasteiger partial charge in [-0.3, -0.25) is 9.59 Å². The van der Waals surface area contributed by atoms with Crippen molar-refractivity contribution in [2.45, 2.75) is 51.1 Å². The molecule has 4 amide bonds. The first-order valence-corrected chi connectivity index (χ1v) is 13.7. The van der Waals surface area contributed by atoms with Gasteiger partial charge in [0, 0.05) is 30.9 Å². The summed E-state index contributed by atoms with van der Waals surface area (Å²) in [6.07, 6.45) is 1.61. The number of amides is 4. The van der Waals surface area contributed by atoms with Crippen LogP contribution in [0.25, 0.3) is 0 Å². The zero-order chi connectivity index (χ0) is 28.9. The molecule has 0 bridgehead atoms. The fourth-order valence-electron chi connectivity index (χ4n) is 5.41. The molecular formula is C30H41N5O5. The van der Waals surface area contributed by atoms with E-state index in [-0.39, 0.29) is 29.9 Å². The van der Waals surface area contributed by atoms with Crippen LogP contribution in [0.4, 0.5) is 10.5 Å². The Kier molecular flexibility index (Phi) is 8.76. The number of benzene rings is 2. The van der Waals surface area contributed by atoms with Crippen LogP contribution in [0.5, 0.6) is 11.5 Å². The van der Waals surface area contributed by atoms with Crippen molar-refractivity contribution in [1.82, 2.24) is 20.4 Å². The van der Waals surface area contributed by atoms with E-state index in [0.29, 0.717) is 57.1 Å². The molecule has 2 saturated heterocycles. The molecule has 2 fully saturated rings. The molecule has 2 aromatic carbocycles. The number of rotatable bonds is 8. The van der Waals surface area contributed by atoms with Gasteiger partial charge in [-0.05, 0) is 69.9 Å². The molecule has 0 radical (unpaired) electrons. The maximum absolute atomic E-state index is 13.9. The summed E-state index contributed by atoms with van der Waals surface area (Å²) < 4.78 is 10.6. The lowest BCUT2D eigenvalue weighted by atomic mass is 9.85. The number of carbonyl (C=O) groups excluding carboxylic acids is 3. The molecule has 0 aromatic heterocycles. The van der Waals surface area contributed by atoms with Gasteiger partial charge >= 0.3 is 6.03 Å². The third-order valence-electron chi connectivity index (χ3n) is 7.46. The Morgan fingerprint density at radius 3 is 2.27 bits per heavy atom. The molecule has 2 N–H and O–H groups in total. The zero-order valence-corrected chi connectivity index (χ0v) is 24.2. The van der Waals surface area contributed by atoms with E-state index < -0.39 is 5.54 Å². The normalized spacial score (nSPS) is 16.7. The Balaban J connectivity index is 1.40. The monoisotopic (exact) mass is 551 g/mol. The van der Waals surface area contributed by atoms with Gasteiger partial charge < -0.3 is 34.8 Å². The fourth-order valence-corrected chi connectivity index (χ4v) is 5.41. The lowest BCUT2D eigenvalue weighted by molar-refractivity contribution is -0.137. The molecule has 2 aromatic rings. The van der Waals surface area contributed by atoms with Gasteiger partial charge in [-0.15, -0.1) is 0 Å². The first-order chi connectivity index (χ1) is 19.1. The highest BCUT2D eigenvalue weighted by Crippen LogP contribution is 2.39. The van der Waals surface area contributed by atoms with Crippen LogP contribution in [0.3, 0.4) is 0 Å². The van der Waals surface area contributed by atoms with Crippen LogP contribution in [0, 0.1) is 0 Å². The maximum Gasteiger partial charge on any atom is 0.317 e. The number of likely N-dealkylation sites (tertiary alicyclic amines) is 1. The average Bonchev–Trinajstić information content (AvgIpc) is 3.18. The van der Waals surface area contributed by atoms with E-state index in [1.54, 1.807) is 24.0 Å². The van der Waals surface area contributed by atoms with Crippen LogP contribution >= 0.6 is 0 Å². The number of urea groups is 1. The average molecular weight is 552 g/mol. The van der Waals surface area contributed by atoms with E-state index >= 15 is 0 Å². The van der Waals surface area contributed by atoms with Crippen LogP contribution in [0.1, 0.15) is 39.2 Å². The lowest BCUT2D eigenvalue weighted by Gasteiger charge is -2.43. The second kappa shape index (κ2) is 12.1. The van der Waals surface area contributed by atoms with Crippen LogP contribution in [0.2, 0.25) is 0 Å². The standard InChI is InChI=1S/C30H41N5O5/c1-29(2,3)32-28(38)33-17-14-30(15-18-33)27(37)34(21-35(30)23-9-7-6-8-10-23)20-26(36)31-16-13-22-11-12-24(39-4)25(19-22)40-5/h6-12,19H,13-18,20-21H2,1-5H3,(H,31,36)(H,32,38). The van der Waals surface area contributed by atoms with Crippen LogP contribution in [-0.2, 0) is 16.0 Å². The van der Waals surface area contributed by atoms with Crippen LogP contribution < -0.4 is 25.0 Å². The van der Waals surface area contributed by atoms with Crippen molar-refractivity contribution in [3.63, 3.8) is 0 Å². The Hall–Kier alpha value is -3.95. The Bertz CT molecular complexity index is 1200. The number of nitrogens with one attached hydrogen (secondary N) is 2. The first kappa shape index (κ1) is 29.0. The number of hydrogen-bond donors (Lipinski definition) is 2. The number of carbonyl (C=O) groups is 3. The summed E-state index contributed by atoms with van der Waals surface area (Å²) in [6.45, 7) is 7.50. The second-order valence-electron chi connectivity index (χ2n) is 11.4. The van der Waals surface area contributed by atoms with E-state index in [4.69, 9.17) is 9.47 Å². The van der Waals surface area contributed by atoms with Gasteiger partial charge in [0.05, 0.1) is 20.9 Å². The minimum Gasteiger partial charge on any atom is -0.493 e. The molecule has 0 atom stereocenters. The predicted molar refractivity (Wildman–Crippen MR) is 154 cm³/mol. The third-order valence-corrected chi connectivity index (χ3v) is 7.46. The molecule has 1 spiro atoms. The molecule has 2 aliphatic heterocycles. The van der Waals surface area contributed by atoms with Gasteiger partial charge in [0.15, 0.2) is 11.5 Å². The summed E-state index contributed by atoms with van der Waals surface area (Å²) in [5.41, 5.74) is 0.806. The van der Waals surface area contributed by atoms with Crippen molar-refractivity contribution in [2.24, 2.45) is 0 Å². The molecule has 216 valence electrons. The van der Waals surface area contributed by atoms with E-state index in [2.05, 4.69) is 15.5 Å². The number of anilines is 1. The largest absolute Gasteiger partial charge is 0.493 e. The van der Waals surface area contributed by atoms with Crippen LogP contribution in [-0.4, -0.2) is 85.8 Å². The van der Waals surface area contributed by atoms with Gasteiger partial charge in [0.2, 0.25) is 5.91 Å². The van der Waals surface area contributed by atoms with E-state index in [1.807, 2.05) is 69.3 Å². The number of piperidine rings is 1. The predicted octanol–water partition coefficient (Wildman–Crippen LogP) is 3.01. The zero-order valence-electron chi connectivity index (χ0n) is 24.2. The SMILES string of the molecule is COc1ccc(CCNC(=O)CN2CN(c3ccccc3)C3(CCN(C(=O)NC(C)(C)C)CC3)C2=O)cc1OC. The summed E-state index contributed by atoms with van der Waals surface area (Å²) >= 11 is 0. The van der Waals surface area contributed by atoms with E-state index in [9.17, 15) is 14.4 Å². The molecule has 0 aliphatic carbocycles. The van der Waals surface area contributed by atoms with Crippen molar-refractivity contribution in [1.29, 1.82) is 0 Å². The highest BCUT2D eigenvalue weighted by Gasteiger charge is 2.54. The van der Waals surface area contributed by atoms with Gasteiger partial charge in [-0.1, -0.05) is 24.3 Å². The Morgan fingerprint density at radius 1 is 0.975 bits per heavy atom. The highest BCUT2D eigenvalue weighted by atomic mass is 16.5. The minimum atomic E-state index is -0.792. The third kappa shape index (κ3) is 6.43. The van der Waals surface area contributed by atoms with Crippen molar-refractivity contribution in [2.75, 3.05) is 52.0 Å². The van der Waals surface area contributed by atoms with Gasteiger partial charge in [-0.2, -0.15) is 0 Å². The number of para-hydroxylation sites is 1. The number of ether oxygens (including phenoxy) is 2. The molecule has 0 unspecified atom stereocenters. The highest BCUT2D eigenvalue weighted by molar-refractivity contribution is 5.96. The van der Waals surface area contributed by atoms with E-state index in [1.165, 1.54) is 0 Å². The van der Waals surface area contributed by atoms with Gasteiger partial charge in [0.1, 0.15) is 12.1 Å². The number of methoxy groups -OCH3 is 2. The van der Waals surface area contributed by atoms with Crippen molar-refractivity contribution in [3.05, 3.63) is 54.1 Å². The molecule has 10 nitrogen and oxygen atoms in total. The van der Waals surface area contributed by atoms with Crippen LogP contribution in [0.15, 0.2) is 48.5 Å². The van der Waals surface area contributed by atoms with Gasteiger partial charge in [-0.25, -0.2) is 4.79 Å². The van der Waals surface area contributed by atoms with Gasteiger partial charge in [0.25, 0.3) is 5.91 Å². The first-order valence-electron chi connectivity index (χ1n) is 13.7. The number of nitrogens with zero attached hydrogens (tertiary/aromatic N) is 3. The summed E-state index contributed by atoms with van der Waals surface area (Å²) in [5.74, 6) is 1.02. The topological polar surface area (TPSA) is 103 Å². The van der Waals surface area contributed by atoms with E-state index in [0.717, 1.165) is 11.3 Å². The van der Waals surface area contributed by atoms with Crippen molar-refractivity contribution in [3.8, 4) is 11.5 Å². The summed E-state index contributed by atoms with van der Waals surface area (Å²) in [4.78, 5) is 45.1. The Morgan fingerprint density at radius 2 is 1.65 bits per heavy atom. The summed E-state index contributed by atoms with van der Waals surface area (Å²) in [6, 6.07) is 15.4. The fraction of sp³-hybridized carbons (Fsp3) is 0.500. The molecule has 40 heavy (non-hydrogen) atoms. The second-order valence-corrected chi connectivity index (χ2v) is 11.4. The Labute approximate surface area is 236 Å². The van der Waals surface area contributed by atoms with Crippen molar-refractivity contribution >= 4 is 23.5 Å². The molecule has 0 saturated carbocycles. The smallest absolute Gasteiger partial charge is 0.317 e.